The first-order valence-electron chi connectivity index (χ1n) is 6.39. The van der Waals surface area contributed by atoms with Gasteiger partial charge in [-0.2, -0.15) is 0 Å². The molecule has 0 saturated carbocycles. The molecule has 0 amide bonds. The van der Waals surface area contributed by atoms with Gasteiger partial charge in [-0.15, -0.1) is 0 Å². The Labute approximate surface area is 110 Å². The van der Waals surface area contributed by atoms with E-state index in [9.17, 15) is 8.42 Å². The van der Waals surface area contributed by atoms with Gasteiger partial charge < -0.3 is 9.73 Å². The van der Waals surface area contributed by atoms with E-state index in [0.717, 1.165) is 18.6 Å². The molecule has 0 aliphatic rings. The van der Waals surface area contributed by atoms with Crippen LogP contribution in [-0.2, 0) is 16.3 Å². The van der Waals surface area contributed by atoms with Gasteiger partial charge in [0.05, 0.1) is 17.3 Å². The topological polar surface area (TPSA) is 59.3 Å². The molecule has 4 nitrogen and oxygen atoms in total. The van der Waals surface area contributed by atoms with Crippen molar-refractivity contribution >= 4 is 9.84 Å². The average molecular weight is 273 g/mol. The van der Waals surface area contributed by atoms with E-state index in [1.54, 1.807) is 20.1 Å². The highest BCUT2D eigenvalue weighted by Gasteiger charge is 2.15. The lowest BCUT2D eigenvalue weighted by Gasteiger charge is -2.14. The Morgan fingerprint density at radius 1 is 1.33 bits per heavy atom. The molecule has 0 radical (unpaired) electrons. The van der Waals surface area contributed by atoms with Crippen molar-refractivity contribution in [3.8, 4) is 0 Å². The van der Waals surface area contributed by atoms with Crippen LogP contribution >= 0.6 is 0 Å². The van der Waals surface area contributed by atoms with Crippen LogP contribution in [-0.4, -0.2) is 32.0 Å². The Hall–Kier alpha value is -0.810. The molecule has 0 fully saturated rings. The zero-order valence-corrected chi connectivity index (χ0v) is 12.2. The Bertz CT molecular complexity index is 423. The summed E-state index contributed by atoms with van der Waals surface area (Å²) in [6.45, 7) is 6.01. The Morgan fingerprint density at radius 2 is 2.06 bits per heavy atom. The largest absolute Gasteiger partial charge is 0.469 e. The summed E-state index contributed by atoms with van der Waals surface area (Å²) in [6, 6.07) is 4.12. The highest BCUT2D eigenvalue weighted by molar-refractivity contribution is 7.92. The highest BCUT2D eigenvalue weighted by Crippen LogP contribution is 2.06. The maximum absolute atomic E-state index is 11.6. The molecule has 1 heterocycles. The summed E-state index contributed by atoms with van der Waals surface area (Å²) in [5.74, 6) is 1.17. The van der Waals surface area contributed by atoms with Gasteiger partial charge in [-0.3, -0.25) is 0 Å². The molecule has 0 aromatic carbocycles. The van der Waals surface area contributed by atoms with Crippen molar-refractivity contribution in [2.45, 2.75) is 44.9 Å². The molecule has 0 bridgehead atoms. The number of rotatable bonds is 8. The van der Waals surface area contributed by atoms with Gasteiger partial charge in [-0.25, -0.2) is 8.42 Å². The first-order chi connectivity index (χ1) is 8.42. The first kappa shape index (κ1) is 15.2. The molecule has 0 aliphatic heterocycles. The summed E-state index contributed by atoms with van der Waals surface area (Å²) < 4.78 is 28.5. The summed E-state index contributed by atoms with van der Waals surface area (Å²) in [7, 11) is -2.93. The van der Waals surface area contributed by atoms with Crippen molar-refractivity contribution in [2.24, 2.45) is 0 Å². The van der Waals surface area contributed by atoms with Crippen LogP contribution in [0.15, 0.2) is 22.8 Å². The fraction of sp³-hybridized carbons (Fsp3) is 0.692. The van der Waals surface area contributed by atoms with Gasteiger partial charge in [-0.05, 0) is 39.3 Å². The number of hydrogen-bond acceptors (Lipinski definition) is 4. The van der Waals surface area contributed by atoms with Crippen molar-refractivity contribution in [3.63, 3.8) is 0 Å². The van der Waals surface area contributed by atoms with Gasteiger partial charge in [0.15, 0.2) is 9.84 Å². The summed E-state index contributed by atoms with van der Waals surface area (Å²) in [6.07, 6.45) is 3.48. The van der Waals surface area contributed by atoms with E-state index < -0.39 is 9.84 Å². The average Bonchev–Trinajstić information content (AvgIpc) is 2.78. The third-order valence-electron chi connectivity index (χ3n) is 3.00. The molecule has 1 aromatic heterocycles. The van der Waals surface area contributed by atoms with Crippen molar-refractivity contribution in [1.29, 1.82) is 0 Å². The van der Waals surface area contributed by atoms with E-state index in [1.165, 1.54) is 0 Å². The second-order valence-electron chi connectivity index (χ2n) is 4.89. The number of nitrogens with one attached hydrogen (secondary N) is 1. The molecule has 1 unspecified atom stereocenters. The van der Waals surface area contributed by atoms with Gasteiger partial charge >= 0.3 is 0 Å². The molecule has 1 aromatic rings. The lowest BCUT2D eigenvalue weighted by molar-refractivity contribution is 0.465. The van der Waals surface area contributed by atoms with Crippen LogP contribution in [0.2, 0.25) is 0 Å². The number of hydrogen-bond donors (Lipinski definition) is 1. The highest BCUT2D eigenvalue weighted by atomic mass is 32.2. The molecule has 0 aliphatic carbocycles. The van der Waals surface area contributed by atoms with Gasteiger partial charge in [0.1, 0.15) is 5.76 Å². The van der Waals surface area contributed by atoms with E-state index in [0.29, 0.717) is 6.54 Å². The Morgan fingerprint density at radius 3 is 2.61 bits per heavy atom. The zero-order chi connectivity index (χ0) is 13.6. The molecule has 1 atom stereocenters. The maximum Gasteiger partial charge on any atom is 0.153 e. The fourth-order valence-electron chi connectivity index (χ4n) is 1.60. The van der Waals surface area contributed by atoms with Crippen LogP contribution in [0.5, 0.6) is 0 Å². The third kappa shape index (κ3) is 5.23. The van der Waals surface area contributed by atoms with Gasteiger partial charge in [-0.1, -0.05) is 0 Å². The minimum Gasteiger partial charge on any atom is -0.469 e. The normalized spacial score (nSPS) is 14.0. The molecular weight excluding hydrogens is 250 g/mol. The standard InChI is InChI=1S/C13H23NO3S/c1-11(2)18(15,16)10-8-14-12(3)6-7-13-5-4-9-17-13/h4-5,9,11-12,14H,6-8,10H2,1-3H3. The molecular formula is C13H23NO3S. The van der Waals surface area contributed by atoms with Crippen molar-refractivity contribution < 1.29 is 12.8 Å². The predicted molar refractivity (Wildman–Crippen MR) is 73.4 cm³/mol. The van der Waals surface area contributed by atoms with Gasteiger partial charge in [0.25, 0.3) is 0 Å². The van der Waals surface area contributed by atoms with Crippen LogP contribution in [0.25, 0.3) is 0 Å². The molecule has 1 rings (SSSR count). The van der Waals surface area contributed by atoms with Gasteiger partial charge in [0, 0.05) is 19.0 Å². The van der Waals surface area contributed by atoms with E-state index in [4.69, 9.17) is 4.42 Å². The van der Waals surface area contributed by atoms with Crippen LogP contribution in [0.3, 0.4) is 0 Å². The third-order valence-corrected chi connectivity index (χ3v) is 5.21. The predicted octanol–water partition coefficient (Wildman–Crippen LogP) is 2.01. The zero-order valence-electron chi connectivity index (χ0n) is 11.3. The smallest absolute Gasteiger partial charge is 0.153 e. The molecule has 104 valence electrons. The van der Waals surface area contributed by atoms with E-state index in [-0.39, 0.29) is 17.0 Å². The maximum atomic E-state index is 11.6. The van der Waals surface area contributed by atoms with E-state index >= 15 is 0 Å². The summed E-state index contributed by atoms with van der Waals surface area (Å²) in [4.78, 5) is 0. The molecule has 0 saturated heterocycles. The van der Waals surface area contributed by atoms with Crippen LogP contribution in [0.4, 0.5) is 0 Å². The van der Waals surface area contributed by atoms with E-state index in [2.05, 4.69) is 12.2 Å². The number of aryl methyl sites for hydroxylation is 1. The fourth-order valence-corrected chi connectivity index (χ4v) is 2.47. The van der Waals surface area contributed by atoms with E-state index in [1.807, 2.05) is 12.1 Å². The lowest BCUT2D eigenvalue weighted by atomic mass is 10.1. The molecule has 5 heteroatoms. The molecule has 1 N–H and O–H groups in total. The summed E-state index contributed by atoms with van der Waals surface area (Å²) in [5, 5.41) is 2.94. The minimum absolute atomic E-state index is 0.204. The Kier molecular flexibility index (Phi) is 5.88. The van der Waals surface area contributed by atoms with Crippen LogP contribution < -0.4 is 5.32 Å². The SMILES string of the molecule is CC(CCc1ccco1)NCCS(=O)(=O)C(C)C. The van der Waals surface area contributed by atoms with Crippen LogP contribution in [0.1, 0.15) is 33.0 Å². The van der Waals surface area contributed by atoms with Crippen molar-refractivity contribution in [3.05, 3.63) is 24.2 Å². The quantitative estimate of drug-likeness (QED) is 0.787. The number of sulfone groups is 1. The van der Waals surface area contributed by atoms with Crippen LogP contribution in [0, 0.1) is 0 Å². The van der Waals surface area contributed by atoms with Gasteiger partial charge in [0.2, 0.25) is 0 Å². The first-order valence-corrected chi connectivity index (χ1v) is 8.10. The molecule has 0 spiro atoms. The summed E-state index contributed by atoms with van der Waals surface area (Å²) in [5.41, 5.74) is 0. The minimum atomic E-state index is -2.93. The van der Waals surface area contributed by atoms with Crippen molar-refractivity contribution in [1.82, 2.24) is 5.32 Å². The van der Waals surface area contributed by atoms with Crippen molar-refractivity contribution in [2.75, 3.05) is 12.3 Å². The molecule has 18 heavy (non-hydrogen) atoms. The second kappa shape index (κ2) is 6.95. The monoisotopic (exact) mass is 273 g/mol. The second-order valence-corrected chi connectivity index (χ2v) is 7.57. The number of furan rings is 1. The lowest BCUT2D eigenvalue weighted by Crippen LogP contribution is -2.33. The summed E-state index contributed by atoms with van der Waals surface area (Å²) >= 11 is 0. The Balaban J connectivity index is 2.19.